The van der Waals surface area contributed by atoms with Gasteiger partial charge in [-0.25, -0.2) is 0 Å². The molecule has 46 valence electrons. The van der Waals surface area contributed by atoms with Crippen LogP contribution in [-0.2, 0) is 0 Å². The number of alkyl halides is 1. The Balaban J connectivity index is 3.59. The fraction of sp³-hybridized carbons (Fsp3) is 0.714. The first-order chi connectivity index (χ1) is 3.62. The highest BCUT2D eigenvalue weighted by Crippen LogP contribution is 2.17. The zero-order valence-corrected chi connectivity index (χ0v) is 5.37. The highest BCUT2D eigenvalue weighted by atomic mass is 19.1. The molecule has 0 aromatic rings. The first kappa shape index (κ1) is 7.49. The Kier molecular flexibility index (Phi) is 2.54. The summed E-state index contributed by atoms with van der Waals surface area (Å²) < 4.78 is 11.6. The van der Waals surface area contributed by atoms with Crippen molar-refractivity contribution in [3.63, 3.8) is 0 Å². The van der Waals surface area contributed by atoms with Crippen LogP contribution in [0.5, 0.6) is 0 Å². The minimum atomic E-state index is -0.322. The summed E-state index contributed by atoms with van der Waals surface area (Å²) in [4.78, 5) is 0. The Bertz CT molecular complexity index is 97.4. The molecule has 0 atom stereocenters. The molecule has 0 bridgehead atoms. The third-order valence-corrected chi connectivity index (χ3v) is 1.11. The predicted octanol–water partition coefficient (Wildman–Crippen LogP) is 2.01. The monoisotopic (exact) mass is 114 g/mol. The summed E-state index contributed by atoms with van der Waals surface area (Å²) in [5.41, 5.74) is -0.255. The van der Waals surface area contributed by atoms with Crippen LogP contribution < -0.4 is 0 Å². The molecule has 0 aromatic carbocycles. The SMILES string of the molecule is C#CC(C)(C)CCF. The molecule has 0 rings (SSSR count). The topological polar surface area (TPSA) is 0 Å². The van der Waals surface area contributed by atoms with Gasteiger partial charge in [0.2, 0.25) is 0 Å². The van der Waals surface area contributed by atoms with E-state index < -0.39 is 0 Å². The van der Waals surface area contributed by atoms with E-state index in [1.165, 1.54) is 0 Å². The van der Waals surface area contributed by atoms with Gasteiger partial charge in [0.1, 0.15) is 0 Å². The van der Waals surface area contributed by atoms with Crippen molar-refractivity contribution >= 4 is 0 Å². The second-order valence-corrected chi connectivity index (χ2v) is 2.47. The molecule has 0 saturated heterocycles. The maximum absolute atomic E-state index is 11.6. The van der Waals surface area contributed by atoms with Crippen molar-refractivity contribution in [3.8, 4) is 12.3 Å². The lowest BCUT2D eigenvalue weighted by molar-refractivity contribution is 0.364. The normalized spacial score (nSPS) is 10.8. The molecule has 1 heteroatoms. The van der Waals surface area contributed by atoms with E-state index in [2.05, 4.69) is 5.92 Å². The van der Waals surface area contributed by atoms with Gasteiger partial charge in [0.15, 0.2) is 0 Å². The van der Waals surface area contributed by atoms with Gasteiger partial charge in [0.25, 0.3) is 0 Å². The molecule has 0 nitrogen and oxygen atoms in total. The smallest absolute Gasteiger partial charge is 0.0908 e. The van der Waals surface area contributed by atoms with Crippen LogP contribution in [0.25, 0.3) is 0 Å². The highest BCUT2D eigenvalue weighted by molar-refractivity contribution is 4.99. The Morgan fingerprint density at radius 3 is 2.25 bits per heavy atom. The van der Waals surface area contributed by atoms with Crippen LogP contribution in [0.15, 0.2) is 0 Å². The second kappa shape index (κ2) is 2.71. The molecular formula is C7H11F. The molecule has 8 heavy (non-hydrogen) atoms. The van der Waals surface area contributed by atoms with Crippen molar-refractivity contribution in [1.82, 2.24) is 0 Å². The number of hydrogen-bond donors (Lipinski definition) is 0. The molecule has 0 aliphatic carbocycles. The van der Waals surface area contributed by atoms with Gasteiger partial charge >= 0.3 is 0 Å². The predicted molar refractivity (Wildman–Crippen MR) is 33.2 cm³/mol. The minimum Gasteiger partial charge on any atom is -0.251 e. The average Bonchev–Trinajstić information content (AvgIpc) is 1.67. The number of rotatable bonds is 2. The molecule has 0 radical (unpaired) electrons. The lowest BCUT2D eigenvalue weighted by Gasteiger charge is -2.13. The van der Waals surface area contributed by atoms with Gasteiger partial charge in [-0.1, -0.05) is 0 Å². The van der Waals surface area contributed by atoms with E-state index >= 15 is 0 Å². The van der Waals surface area contributed by atoms with Crippen LogP contribution >= 0.6 is 0 Å². The lowest BCUT2D eigenvalue weighted by atomic mass is 9.92. The summed E-state index contributed by atoms with van der Waals surface area (Å²) >= 11 is 0. The fourth-order valence-electron chi connectivity index (χ4n) is 0.308. The summed E-state index contributed by atoms with van der Waals surface area (Å²) in [6.45, 7) is 3.39. The summed E-state index contributed by atoms with van der Waals surface area (Å²) in [5.74, 6) is 2.50. The summed E-state index contributed by atoms with van der Waals surface area (Å²) in [5, 5.41) is 0. The number of terminal acetylenes is 1. The van der Waals surface area contributed by atoms with E-state index in [-0.39, 0.29) is 12.1 Å². The second-order valence-electron chi connectivity index (χ2n) is 2.47. The van der Waals surface area contributed by atoms with Crippen molar-refractivity contribution in [1.29, 1.82) is 0 Å². The maximum Gasteiger partial charge on any atom is 0.0908 e. The molecule has 0 amide bonds. The Hall–Kier alpha value is -0.510. The van der Waals surface area contributed by atoms with E-state index in [0.29, 0.717) is 6.42 Å². The zero-order valence-electron chi connectivity index (χ0n) is 5.37. The number of hydrogen-bond acceptors (Lipinski definition) is 0. The molecule has 0 aromatic heterocycles. The van der Waals surface area contributed by atoms with Crippen molar-refractivity contribution < 1.29 is 4.39 Å². The van der Waals surface area contributed by atoms with E-state index in [9.17, 15) is 4.39 Å². The third kappa shape index (κ3) is 2.63. The van der Waals surface area contributed by atoms with E-state index in [4.69, 9.17) is 6.42 Å². The van der Waals surface area contributed by atoms with E-state index in [0.717, 1.165) is 0 Å². The maximum atomic E-state index is 11.6. The Labute approximate surface area is 50.1 Å². The molecular weight excluding hydrogens is 103 g/mol. The minimum absolute atomic E-state index is 0.255. The van der Waals surface area contributed by atoms with Crippen molar-refractivity contribution in [2.45, 2.75) is 20.3 Å². The van der Waals surface area contributed by atoms with Crippen LogP contribution in [0.1, 0.15) is 20.3 Å². The molecule has 0 N–H and O–H groups in total. The van der Waals surface area contributed by atoms with Crippen LogP contribution in [0.3, 0.4) is 0 Å². The molecule has 0 fully saturated rings. The summed E-state index contributed by atoms with van der Waals surface area (Å²) in [7, 11) is 0. The van der Waals surface area contributed by atoms with Gasteiger partial charge in [0.05, 0.1) is 6.67 Å². The standard InChI is InChI=1S/C7H11F/c1-4-7(2,3)5-6-8/h1H,5-6H2,2-3H3. The summed E-state index contributed by atoms with van der Waals surface area (Å²) in [6.07, 6.45) is 5.54. The van der Waals surface area contributed by atoms with Gasteiger partial charge in [-0.2, -0.15) is 0 Å². The van der Waals surface area contributed by atoms with Gasteiger partial charge < -0.3 is 0 Å². The van der Waals surface area contributed by atoms with Gasteiger partial charge in [-0.15, -0.1) is 12.3 Å². The van der Waals surface area contributed by atoms with Crippen LogP contribution in [0, 0.1) is 17.8 Å². The van der Waals surface area contributed by atoms with Crippen LogP contribution in [0.2, 0.25) is 0 Å². The Morgan fingerprint density at radius 2 is 2.12 bits per heavy atom. The largest absolute Gasteiger partial charge is 0.251 e. The number of halogens is 1. The Morgan fingerprint density at radius 1 is 1.62 bits per heavy atom. The van der Waals surface area contributed by atoms with Crippen molar-refractivity contribution in [2.75, 3.05) is 6.67 Å². The third-order valence-electron chi connectivity index (χ3n) is 1.11. The molecule has 0 aliphatic heterocycles. The van der Waals surface area contributed by atoms with Crippen molar-refractivity contribution in [3.05, 3.63) is 0 Å². The van der Waals surface area contributed by atoms with Gasteiger partial charge in [-0.3, -0.25) is 4.39 Å². The van der Waals surface area contributed by atoms with Crippen LogP contribution in [-0.4, -0.2) is 6.67 Å². The van der Waals surface area contributed by atoms with E-state index in [1.54, 1.807) is 0 Å². The first-order valence-corrected chi connectivity index (χ1v) is 2.66. The molecule has 0 saturated carbocycles. The highest BCUT2D eigenvalue weighted by Gasteiger charge is 2.11. The van der Waals surface area contributed by atoms with Crippen LogP contribution in [0.4, 0.5) is 4.39 Å². The first-order valence-electron chi connectivity index (χ1n) is 2.66. The average molecular weight is 114 g/mol. The van der Waals surface area contributed by atoms with Crippen molar-refractivity contribution in [2.24, 2.45) is 5.41 Å². The summed E-state index contributed by atoms with van der Waals surface area (Å²) in [6, 6.07) is 0. The lowest BCUT2D eigenvalue weighted by Crippen LogP contribution is -2.07. The van der Waals surface area contributed by atoms with E-state index in [1.807, 2.05) is 13.8 Å². The molecule has 0 heterocycles. The van der Waals surface area contributed by atoms with Gasteiger partial charge in [0, 0.05) is 5.41 Å². The quantitative estimate of drug-likeness (QED) is 0.482. The van der Waals surface area contributed by atoms with Gasteiger partial charge in [-0.05, 0) is 20.3 Å². The molecule has 0 spiro atoms. The fourth-order valence-corrected chi connectivity index (χ4v) is 0.308. The molecule has 0 unspecified atom stereocenters. The molecule has 0 aliphatic rings. The zero-order chi connectivity index (χ0) is 6.62.